The average molecular weight is 252 g/mol. The minimum atomic E-state index is -0.638. The first-order chi connectivity index (χ1) is 8.44. The second kappa shape index (κ2) is 6.76. The molecular weight excluding hydrogens is 228 g/mol. The number of aliphatic hydroxyl groups excluding tert-OH is 1. The smallest absolute Gasteiger partial charge is 0.124 e. The van der Waals surface area contributed by atoms with E-state index in [1.807, 2.05) is 24.3 Å². The van der Waals surface area contributed by atoms with Gasteiger partial charge in [0.15, 0.2) is 0 Å². The summed E-state index contributed by atoms with van der Waals surface area (Å²) in [5.74, 6) is 0.699. The van der Waals surface area contributed by atoms with Crippen LogP contribution < -0.4 is 4.74 Å². The van der Waals surface area contributed by atoms with E-state index < -0.39 is 6.10 Å². The van der Waals surface area contributed by atoms with Crippen molar-refractivity contribution >= 4 is 0 Å². The lowest BCUT2D eigenvalue weighted by atomic mass is 9.93. The second-order valence-corrected chi connectivity index (χ2v) is 5.64. The van der Waals surface area contributed by atoms with Crippen LogP contribution in [0.15, 0.2) is 24.3 Å². The Morgan fingerprint density at radius 2 is 1.89 bits per heavy atom. The molecule has 0 bridgehead atoms. The minimum Gasteiger partial charge on any atom is -0.496 e. The first kappa shape index (κ1) is 15.0. The molecule has 0 fully saturated rings. The molecule has 1 aromatic rings. The lowest BCUT2D eigenvalue weighted by Crippen LogP contribution is -2.13. The number of ether oxygens (including phenoxy) is 2. The van der Waals surface area contributed by atoms with E-state index in [9.17, 15) is 5.11 Å². The lowest BCUT2D eigenvalue weighted by molar-refractivity contribution is 0.0253. The minimum absolute atomic E-state index is 0.259. The molecule has 0 aliphatic heterocycles. The Hall–Kier alpha value is -1.06. The third-order valence-corrected chi connectivity index (χ3v) is 2.77. The first-order valence-electron chi connectivity index (χ1n) is 6.33. The van der Waals surface area contributed by atoms with Gasteiger partial charge in [0.05, 0.1) is 13.7 Å². The Morgan fingerprint density at radius 3 is 2.50 bits per heavy atom. The van der Waals surface area contributed by atoms with Crippen LogP contribution in [0.5, 0.6) is 5.75 Å². The fraction of sp³-hybridized carbons (Fsp3) is 0.600. The van der Waals surface area contributed by atoms with E-state index in [1.54, 1.807) is 7.11 Å². The average Bonchev–Trinajstić information content (AvgIpc) is 2.33. The van der Waals surface area contributed by atoms with Crippen molar-refractivity contribution < 1.29 is 14.6 Å². The van der Waals surface area contributed by atoms with Gasteiger partial charge in [-0.05, 0) is 17.9 Å². The van der Waals surface area contributed by atoms with E-state index in [-0.39, 0.29) is 5.41 Å². The summed E-state index contributed by atoms with van der Waals surface area (Å²) in [4.78, 5) is 0. The van der Waals surface area contributed by atoms with Gasteiger partial charge in [0.25, 0.3) is 0 Å². The molecule has 1 unspecified atom stereocenters. The topological polar surface area (TPSA) is 38.7 Å². The normalized spacial score (nSPS) is 13.4. The number of para-hydroxylation sites is 1. The van der Waals surface area contributed by atoms with Crippen molar-refractivity contribution in [2.75, 3.05) is 20.3 Å². The van der Waals surface area contributed by atoms with E-state index in [1.165, 1.54) is 0 Å². The molecule has 1 atom stereocenters. The summed E-state index contributed by atoms with van der Waals surface area (Å²) in [6.45, 7) is 7.49. The maximum Gasteiger partial charge on any atom is 0.124 e. The van der Waals surface area contributed by atoms with Gasteiger partial charge in [-0.25, -0.2) is 0 Å². The molecule has 18 heavy (non-hydrogen) atoms. The zero-order valence-corrected chi connectivity index (χ0v) is 11.8. The highest BCUT2D eigenvalue weighted by atomic mass is 16.5. The van der Waals surface area contributed by atoms with Gasteiger partial charge in [0.1, 0.15) is 11.9 Å². The summed E-state index contributed by atoms with van der Waals surface area (Å²) in [6, 6.07) is 7.47. The van der Waals surface area contributed by atoms with Crippen LogP contribution in [-0.4, -0.2) is 25.4 Å². The molecule has 3 nitrogen and oxygen atoms in total. The van der Waals surface area contributed by atoms with Gasteiger partial charge in [-0.1, -0.05) is 39.0 Å². The fourth-order valence-electron chi connectivity index (χ4n) is 1.60. The van der Waals surface area contributed by atoms with Crippen molar-refractivity contribution in [1.82, 2.24) is 0 Å². The van der Waals surface area contributed by atoms with Gasteiger partial charge < -0.3 is 14.6 Å². The van der Waals surface area contributed by atoms with Gasteiger partial charge in [-0.3, -0.25) is 0 Å². The van der Waals surface area contributed by atoms with Crippen LogP contribution in [0.4, 0.5) is 0 Å². The third-order valence-electron chi connectivity index (χ3n) is 2.77. The van der Waals surface area contributed by atoms with E-state index in [4.69, 9.17) is 9.47 Å². The zero-order chi connectivity index (χ0) is 13.6. The molecule has 0 radical (unpaired) electrons. The Labute approximate surface area is 110 Å². The van der Waals surface area contributed by atoms with Crippen LogP contribution in [0.1, 0.15) is 38.9 Å². The quantitative estimate of drug-likeness (QED) is 0.790. The van der Waals surface area contributed by atoms with Crippen molar-refractivity contribution in [3.05, 3.63) is 29.8 Å². The van der Waals surface area contributed by atoms with Crippen LogP contribution in [0, 0.1) is 5.41 Å². The van der Waals surface area contributed by atoms with E-state index in [0.717, 1.165) is 12.0 Å². The summed E-state index contributed by atoms with van der Waals surface area (Å²) < 4.78 is 10.7. The van der Waals surface area contributed by atoms with E-state index >= 15 is 0 Å². The Morgan fingerprint density at radius 1 is 1.22 bits per heavy atom. The maximum absolute atomic E-state index is 10.1. The molecular formula is C15H24O3. The summed E-state index contributed by atoms with van der Waals surface area (Å²) in [7, 11) is 1.60. The molecule has 0 aromatic heterocycles. The van der Waals surface area contributed by atoms with E-state index in [0.29, 0.717) is 19.0 Å². The SMILES string of the molecule is COc1ccccc1C(O)COCCC(C)(C)C. The highest BCUT2D eigenvalue weighted by Gasteiger charge is 2.14. The van der Waals surface area contributed by atoms with Crippen molar-refractivity contribution in [3.63, 3.8) is 0 Å². The summed E-state index contributed by atoms with van der Waals surface area (Å²) >= 11 is 0. The maximum atomic E-state index is 10.1. The van der Waals surface area contributed by atoms with Gasteiger partial charge in [-0.15, -0.1) is 0 Å². The van der Waals surface area contributed by atoms with E-state index in [2.05, 4.69) is 20.8 Å². The summed E-state index contributed by atoms with van der Waals surface area (Å²) in [5, 5.41) is 10.1. The Balaban J connectivity index is 2.43. The molecule has 0 spiro atoms. The van der Waals surface area contributed by atoms with Crippen LogP contribution >= 0.6 is 0 Å². The largest absolute Gasteiger partial charge is 0.496 e. The fourth-order valence-corrected chi connectivity index (χ4v) is 1.60. The number of aliphatic hydroxyl groups is 1. The predicted octanol–water partition coefficient (Wildman–Crippen LogP) is 3.18. The molecule has 1 N–H and O–H groups in total. The Bertz CT molecular complexity index is 355. The van der Waals surface area contributed by atoms with Crippen molar-refractivity contribution in [2.45, 2.75) is 33.3 Å². The molecule has 1 aromatic carbocycles. The van der Waals surface area contributed by atoms with Crippen molar-refractivity contribution in [1.29, 1.82) is 0 Å². The van der Waals surface area contributed by atoms with Crippen molar-refractivity contribution in [2.24, 2.45) is 5.41 Å². The molecule has 0 saturated carbocycles. The molecule has 102 valence electrons. The van der Waals surface area contributed by atoms with Crippen LogP contribution in [0.2, 0.25) is 0 Å². The van der Waals surface area contributed by atoms with Crippen LogP contribution in [0.25, 0.3) is 0 Å². The van der Waals surface area contributed by atoms with Gasteiger partial charge in [0.2, 0.25) is 0 Å². The number of hydrogen-bond donors (Lipinski definition) is 1. The third kappa shape index (κ3) is 5.07. The van der Waals surface area contributed by atoms with Gasteiger partial charge >= 0.3 is 0 Å². The number of benzene rings is 1. The Kier molecular flexibility index (Phi) is 5.63. The molecule has 0 amide bonds. The number of methoxy groups -OCH3 is 1. The summed E-state index contributed by atoms with van der Waals surface area (Å²) in [6.07, 6.45) is 0.340. The molecule has 0 saturated heterocycles. The van der Waals surface area contributed by atoms with Crippen LogP contribution in [-0.2, 0) is 4.74 Å². The highest BCUT2D eigenvalue weighted by molar-refractivity contribution is 5.34. The molecule has 0 aliphatic carbocycles. The number of rotatable bonds is 6. The van der Waals surface area contributed by atoms with Crippen molar-refractivity contribution in [3.8, 4) is 5.75 Å². The molecule has 0 heterocycles. The standard InChI is InChI=1S/C15H24O3/c1-15(2,3)9-10-18-11-13(16)12-7-5-6-8-14(12)17-4/h5-8,13,16H,9-11H2,1-4H3. The number of hydrogen-bond acceptors (Lipinski definition) is 3. The summed E-state index contributed by atoms with van der Waals surface area (Å²) in [5.41, 5.74) is 1.03. The first-order valence-corrected chi connectivity index (χ1v) is 6.33. The van der Waals surface area contributed by atoms with Crippen LogP contribution in [0.3, 0.4) is 0 Å². The van der Waals surface area contributed by atoms with Gasteiger partial charge in [0, 0.05) is 12.2 Å². The monoisotopic (exact) mass is 252 g/mol. The zero-order valence-electron chi connectivity index (χ0n) is 11.8. The second-order valence-electron chi connectivity index (χ2n) is 5.64. The molecule has 1 rings (SSSR count). The lowest BCUT2D eigenvalue weighted by Gasteiger charge is -2.19. The molecule has 3 heteroatoms. The predicted molar refractivity (Wildman–Crippen MR) is 72.8 cm³/mol. The van der Waals surface area contributed by atoms with Gasteiger partial charge in [-0.2, -0.15) is 0 Å². The molecule has 0 aliphatic rings. The highest BCUT2D eigenvalue weighted by Crippen LogP contribution is 2.25.